The minimum atomic E-state index is -0.369. The van der Waals surface area contributed by atoms with Gasteiger partial charge in [0.25, 0.3) is 0 Å². The first-order chi connectivity index (χ1) is 15.0. The number of aromatic nitrogens is 3. The number of carbonyl (C=O) groups excluding carboxylic acids is 1. The van der Waals surface area contributed by atoms with E-state index in [1.165, 1.54) is 44.2 Å². The molecule has 6 nitrogen and oxygen atoms in total. The molecule has 2 heterocycles. The van der Waals surface area contributed by atoms with Gasteiger partial charge in [0.1, 0.15) is 11.6 Å². The van der Waals surface area contributed by atoms with Crippen molar-refractivity contribution in [1.29, 1.82) is 0 Å². The van der Waals surface area contributed by atoms with Crippen molar-refractivity contribution in [2.45, 2.75) is 51.7 Å². The molecular formula is C24H27FN4O2. The number of esters is 1. The lowest BCUT2D eigenvalue weighted by atomic mass is 9.83. The lowest BCUT2D eigenvalue weighted by Gasteiger charge is -2.27. The van der Waals surface area contributed by atoms with Gasteiger partial charge in [0, 0.05) is 36.6 Å². The number of rotatable bonds is 8. The fourth-order valence-corrected chi connectivity index (χ4v) is 3.92. The highest BCUT2D eigenvalue weighted by Gasteiger charge is 2.24. The lowest BCUT2D eigenvalue weighted by molar-refractivity contribution is 0.0600. The number of imidazole rings is 1. The van der Waals surface area contributed by atoms with Gasteiger partial charge in [0.2, 0.25) is 0 Å². The van der Waals surface area contributed by atoms with E-state index in [0.29, 0.717) is 31.1 Å². The highest BCUT2D eigenvalue weighted by molar-refractivity contribution is 5.89. The van der Waals surface area contributed by atoms with Crippen molar-refractivity contribution in [3.8, 4) is 0 Å². The molecule has 2 aromatic heterocycles. The highest BCUT2D eigenvalue weighted by Crippen LogP contribution is 2.36. The molecule has 0 atom stereocenters. The van der Waals surface area contributed by atoms with Crippen LogP contribution in [0.15, 0.2) is 42.6 Å². The number of nitrogens with zero attached hydrogens (tertiary/aromatic N) is 3. The van der Waals surface area contributed by atoms with Gasteiger partial charge in [-0.1, -0.05) is 18.6 Å². The molecule has 1 aliphatic carbocycles. The number of pyridine rings is 1. The molecule has 0 bridgehead atoms. The van der Waals surface area contributed by atoms with Crippen molar-refractivity contribution in [3.63, 3.8) is 0 Å². The van der Waals surface area contributed by atoms with Crippen LogP contribution in [0, 0.1) is 12.7 Å². The first-order valence-corrected chi connectivity index (χ1v) is 10.6. The largest absolute Gasteiger partial charge is 0.465 e. The summed E-state index contributed by atoms with van der Waals surface area (Å²) in [6.45, 7) is 3.60. The SMILES string of the molecule is COC(=O)c1cc(C)nc(CNCc2ncc(C3CCC3)n2Cc2ccc(F)cc2)c1. The van der Waals surface area contributed by atoms with Crippen molar-refractivity contribution in [2.24, 2.45) is 0 Å². The second kappa shape index (κ2) is 9.39. The smallest absolute Gasteiger partial charge is 0.337 e. The Labute approximate surface area is 181 Å². The van der Waals surface area contributed by atoms with Crippen LogP contribution >= 0.6 is 0 Å². The normalized spacial score (nSPS) is 13.8. The summed E-state index contributed by atoms with van der Waals surface area (Å²) in [5.74, 6) is 0.883. The number of carbonyl (C=O) groups is 1. The Morgan fingerprint density at radius 1 is 1.23 bits per heavy atom. The Morgan fingerprint density at radius 3 is 2.68 bits per heavy atom. The van der Waals surface area contributed by atoms with E-state index < -0.39 is 0 Å². The summed E-state index contributed by atoms with van der Waals surface area (Å²) < 4.78 is 20.4. The van der Waals surface area contributed by atoms with Crippen LogP contribution in [0.5, 0.6) is 0 Å². The second-order valence-corrected chi connectivity index (χ2v) is 8.02. The standard InChI is InChI=1S/C24H27FN4O2/c1-16-10-19(24(30)31-2)11-21(28-16)12-26-14-23-27-13-22(18-4-3-5-18)29(23)15-17-6-8-20(25)9-7-17/h6-11,13,18,26H,3-5,12,14-15H2,1-2H3. The Balaban J connectivity index is 1.48. The van der Waals surface area contributed by atoms with E-state index >= 15 is 0 Å². The van der Waals surface area contributed by atoms with Gasteiger partial charge in [-0.15, -0.1) is 0 Å². The zero-order valence-corrected chi connectivity index (χ0v) is 17.9. The Kier molecular flexibility index (Phi) is 6.42. The van der Waals surface area contributed by atoms with Crippen LogP contribution in [0.3, 0.4) is 0 Å². The van der Waals surface area contributed by atoms with Crippen molar-refractivity contribution in [2.75, 3.05) is 7.11 Å². The molecule has 0 saturated heterocycles. The summed E-state index contributed by atoms with van der Waals surface area (Å²) in [7, 11) is 1.37. The van der Waals surface area contributed by atoms with Gasteiger partial charge in [-0.3, -0.25) is 4.98 Å². The van der Waals surface area contributed by atoms with Crippen molar-refractivity contribution in [3.05, 3.63) is 82.4 Å². The molecule has 0 unspecified atom stereocenters. The summed E-state index contributed by atoms with van der Waals surface area (Å²) in [6, 6.07) is 10.1. The lowest BCUT2D eigenvalue weighted by Crippen LogP contribution is -2.21. The molecule has 7 heteroatoms. The van der Waals surface area contributed by atoms with E-state index in [0.717, 1.165) is 22.8 Å². The number of halogens is 1. The summed E-state index contributed by atoms with van der Waals surface area (Å²) in [6.07, 6.45) is 5.60. The first-order valence-electron chi connectivity index (χ1n) is 10.6. The molecule has 0 spiro atoms. The van der Waals surface area contributed by atoms with Crippen LogP contribution in [0.25, 0.3) is 0 Å². The van der Waals surface area contributed by atoms with Crippen LogP contribution in [0.2, 0.25) is 0 Å². The zero-order chi connectivity index (χ0) is 21.8. The average Bonchev–Trinajstić information content (AvgIpc) is 3.09. The van der Waals surface area contributed by atoms with E-state index in [2.05, 4.69) is 19.9 Å². The van der Waals surface area contributed by atoms with Crippen LogP contribution in [0.4, 0.5) is 4.39 Å². The van der Waals surface area contributed by atoms with Gasteiger partial charge in [0.05, 0.1) is 24.9 Å². The molecule has 162 valence electrons. The van der Waals surface area contributed by atoms with Crippen LogP contribution in [-0.4, -0.2) is 27.6 Å². The molecule has 4 rings (SSSR count). The van der Waals surface area contributed by atoms with Crippen LogP contribution in [-0.2, 0) is 24.4 Å². The molecule has 0 aliphatic heterocycles. The summed E-state index contributed by atoms with van der Waals surface area (Å²) in [5, 5.41) is 3.39. The molecular weight excluding hydrogens is 395 g/mol. The monoisotopic (exact) mass is 422 g/mol. The van der Waals surface area contributed by atoms with Crippen LogP contribution in [0.1, 0.15) is 64.0 Å². The zero-order valence-electron chi connectivity index (χ0n) is 17.9. The fourth-order valence-electron chi connectivity index (χ4n) is 3.92. The maximum Gasteiger partial charge on any atom is 0.337 e. The average molecular weight is 423 g/mol. The maximum absolute atomic E-state index is 13.3. The van der Waals surface area contributed by atoms with E-state index in [1.807, 2.05) is 25.3 Å². The quantitative estimate of drug-likeness (QED) is 0.553. The van der Waals surface area contributed by atoms with Gasteiger partial charge in [-0.2, -0.15) is 0 Å². The molecule has 0 radical (unpaired) electrons. The Bertz CT molecular complexity index is 1060. The van der Waals surface area contributed by atoms with Gasteiger partial charge in [0.15, 0.2) is 0 Å². The first kappa shape index (κ1) is 21.2. The molecule has 1 N–H and O–H groups in total. The third-order valence-corrected chi connectivity index (χ3v) is 5.76. The number of benzene rings is 1. The number of methoxy groups -OCH3 is 1. The third-order valence-electron chi connectivity index (χ3n) is 5.76. The summed E-state index contributed by atoms with van der Waals surface area (Å²) in [5.41, 5.74) is 4.33. The number of ether oxygens (including phenoxy) is 1. The topological polar surface area (TPSA) is 69.0 Å². The van der Waals surface area contributed by atoms with E-state index in [9.17, 15) is 9.18 Å². The maximum atomic E-state index is 13.3. The molecule has 1 aromatic carbocycles. The molecule has 0 amide bonds. The Morgan fingerprint density at radius 2 is 2.00 bits per heavy atom. The number of aryl methyl sites for hydroxylation is 1. The van der Waals surface area contributed by atoms with Crippen molar-refractivity contribution < 1.29 is 13.9 Å². The van der Waals surface area contributed by atoms with Gasteiger partial charge in [-0.25, -0.2) is 14.2 Å². The molecule has 1 fully saturated rings. The summed E-state index contributed by atoms with van der Waals surface area (Å²) in [4.78, 5) is 21.0. The van der Waals surface area contributed by atoms with E-state index in [4.69, 9.17) is 4.74 Å². The van der Waals surface area contributed by atoms with Crippen molar-refractivity contribution >= 4 is 5.97 Å². The number of nitrogens with one attached hydrogen (secondary N) is 1. The van der Waals surface area contributed by atoms with E-state index in [-0.39, 0.29) is 11.8 Å². The minimum absolute atomic E-state index is 0.229. The minimum Gasteiger partial charge on any atom is -0.465 e. The molecule has 1 saturated carbocycles. The molecule has 1 aliphatic rings. The van der Waals surface area contributed by atoms with Gasteiger partial charge < -0.3 is 14.6 Å². The van der Waals surface area contributed by atoms with Gasteiger partial charge in [-0.05, 0) is 49.6 Å². The third kappa shape index (κ3) is 4.99. The van der Waals surface area contributed by atoms with Crippen molar-refractivity contribution in [1.82, 2.24) is 19.9 Å². The summed E-state index contributed by atoms with van der Waals surface area (Å²) >= 11 is 0. The van der Waals surface area contributed by atoms with Gasteiger partial charge >= 0.3 is 5.97 Å². The van der Waals surface area contributed by atoms with Crippen LogP contribution < -0.4 is 5.32 Å². The highest BCUT2D eigenvalue weighted by atomic mass is 19.1. The number of hydrogen-bond donors (Lipinski definition) is 1. The number of hydrogen-bond acceptors (Lipinski definition) is 5. The fraction of sp³-hybridized carbons (Fsp3) is 0.375. The molecule has 31 heavy (non-hydrogen) atoms. The second-order valence-electron chi connectivity index (χ2n) is 8.02. The predicted molar refractivity (Wildman–Crippen MR) is 115 cm³/mol. The predicted octanol–water partition coefficient (Wildman–Crippen LogP) is 4.12. The Hall–Kier alpha value is -3.06. The molecule has 3 aromatic rings. The van der Waals surface area contributed by atoms with E-state index in [1.54, 1.807) is 12.1 Å².